The Morgan fingerprint density at radius 1 is 0.895 bits per heavy atom. The Balaban J connectivity index is 1.30. The van der Waals surface area contributed by atoms with Gasteiger partial charge >= 0.3 is 6.03 Å². The first kappa shape index (κ1) is 25.6. The number of nitrogens with zero attached hydrogens (tertiary/aromatic N) is 3. The molecule has 0 atom stereocenters. The molecule has 3 aromatic carbocycles. The number of hydrogen-bond donors (Lipinski definition) is 2. The molecule has 2 aliphatic heterocycles. The van der Waals surface area contributed by atoms with Crippen molar-refractivity contribution in [2.75, 3.05) is 41.8 Å². The lowest BCUT2D eigenvalue weighted by molar-refractivity contribution is -0.136. The normalized spacial score (nSPS) is 16.6. The van der Waals surface area contributed by atoms with Gasteiger partial charge < -0.3 is 25.3 Å². The molecule has 2 aliphatic rings. The molecule has 0 radical (unpaired) electrons. The van der Waals surface area contributed by atoms with Crippen molar-refractivity contribution in [3.8, 4) is 0 Å². The van der Waals surface area contributed by atoms with Gasteiger partial charge in [-0.05, 0) is 67.8 Å². The number of anilines is 3. The van der Waals surface area contributed by atoms with Crippen LogP contribution in [0.5, 0.6) is 0 Å². The first-order valence-corrected chi connectivity index (χ1v) is 13.0. The highest BCUT2D eigenvalue weighted by Crippen LogP contribution is 2.39. The van der Waals surface area contributed by atoms with E-state index in [0.29, 0.717) is 43.3 Å². The van der Waals surface area contributed by atoms with Gasteiger partial charge in [0.25, 0.3) is 5.91 Å². The molecule has 0 bridgehead atoms. The van der Waals surface area contributed by atoms with E-state index >= 15 is 0 Å². The third-order valence-electron chi connectivity index (χ3n) is 7.17. The number of amides is 4. The van der Waals surface area contributed by atoms with E-state index in [1.54, 1.807) is 34.1 Å². The molecule has 0 saturated carbocycles. The maximum Gasteiger partial charge on any atom is 0.321 e. The van der Waals surface area contributed by atoms with Gasteiger partial charge in [-0.25, -0.2) is 4.79 Å². The summed E-state index contributed by atoms with van der Waals surface area (Å²) in [4.78, 5) is 45.1. The fourth-order valence-electron chi connectivity index (χ4n) is 5.27. The first-order valence-electron chi connectivity index (χ1n) is 12.6. The van der Waals surface area contributed by atoms with Crippen LogP contribution in [0.1, 0.15) is 18.4 Å². The van der Waals surface area contributed by atoms with Crippen LogP contribution in [0.15, 0.2) is 78.9 Å². The minimum absolute atomic E-state index is 0.0754. The van der Waals surface area contributed by atoms with E-state index in [1.165, 1.54) is 0 Å². The molecule has 1 spiro atoms. The lowest BCUT2D eigenvalue weighted by atomic mass is 9.85. The average Bonchev–Trinajstić information content (AvgIpc) is 3.15. The van der Waals surface area contributed by atoms with E-state index in [-0.39, 0.29) is 24.4 Å². The molecule has 2 N–H and O–H groups in total. The van der Waals surface area contributed by atoms with Crippen molar-refractivity contribution in [3.05, 3.63) is 89.4 Å². The molecule has 3 aromatic rings. The Morgan fingerprint density at radius 3 is 2.26 bits per heavy atom. The minimum Gasteiger partial charge on any atom is -0.339 e. The van der Waals surface area contributed by atoms with Gasteiger partial charge in [-0.1, -0.05) is 48.0 Å². The molecule has 0 aromatic heterocycles. The molecule has 2 fully saturated rings. The first-order chi connectivity index (χ1) is 18.3. The number of aryl methyl sites for hydroxylation is 1. The molecule has 4 amide bonds. The molecule has 38 heavy (non-hydrogen) atoms. The van der Waals surface area contributed by atoms with Gasteiger partial charge in [-0.2, -0.15) is 0 Å². The highest BCUT2D eigenvalue weighted by Gasteiger charge is 2.54. The predicted molar refractivity (Wildman–Crippen MR) is 149 cm³/mol. The van der Waals surface area contributed by atoms with Crippen molar-refractivity contribution in [2.45, 2.75) is 25.3 Å². The average molecular weight is 532 g/mol. The highest BCUT2D eigenvalue weighted by atomic mass is 35.5. The molecule has 0 unspecified atom stereocenters. The van der Waals surface area contributed by atoms with Crippen LogP contribution in [0, 0.1) is 6.92 Å². The molecule has 196 valence electrons. The van der Waals surface area contributed by atoms with Crippen molar-refractivity contribution in [2.24, 2.45) is 0 Å². The van der Waals surface area contributed by atoms with E-state index in [0.717, 1.165) is 16.9 Å². The Bertz CT molecular complexity index is 1340. The van der Waals surface area contributed by atoms with E-state index in [4.69, 9.17) is 11.6 Å². The predicted octanol–water partition coefficient (Wildman–Crippen LogP) is 4.96. The molecule has 5 rings (SSSR count). The standard InChI is InChI=1S/C29H30ClN5O3/c1-21-7-5-9-23(17-21)32-28(38)33-15-13-29(14-16-33)27(37)34(20-35(29)25-11-3-2-4-12-25)19-26(36)31-24-10-6-8-22(30)18-24/h2-12,17-18H,13-16,19-20H2,1H3,(H,31,36)(H,32,38). The van der Waals surface area contributed by atoms with Crippen molar-refractivity contribution in [1.82, 2.24) is 9.80 Å². The number of carbonyl (C=O) groups is 3. The van der Waals surface area contributed by atoms with E-state index < -0.39 is 5.54 Å². The summed E-state index contributed by atoms with van der Waals surface area (Å²) in [5.41, 5.74) is 2.48. The lowest BCUT2D eigenvalue weighted by Gasteiger charge is -2.43. The summed E-state index contributed by atoms with van der Waals surface area (Å²) >= 11 is 6.04. The van der Waals surface area contributed by atoms with Crippen LogP contribution < -0.4 is 15.5 Å². The van der Waals surface area contributed by atoms with Crippen LogP contribution >= 0.6 is 11.6 Å². The molecule has 8 nitrogen and oxygen atoms in total. The smallest absolute Gasteiger partial charge is 0.321 e. The largest absolute Gasteiger partial charge is 0.339 e. The molecule has 9 heteroatoms. The number of halogens is 1. The van der Waals surface area contributed by atoms with E-state index in [1.807, 2.05) is 61.5 Å². The molecular formula is C29H30ClN5O3. The van der Waals surface area contributed by atoms with Crippen LogP contribution in [0.25, 0.3) is 0 Å². The van der Waals surface area contributed by atoms with Crippen LogP contribution in [-0.2, 0) is 9.59 Å². The third kappa shape index (κ3) is 5.31. The number of para-hydroxylation sites is 1. The second-order valence-electron chi connectivity index (χ2n) is 9.78. The van der Waals surface area contributed by atoms with E-state index in [2.05, 4.69) is 15.5 Å². The fourth-order valence-corrected chi connectivity index (χ4v) is 5.46. The zero-order valence-electron chi connectivity index (χ0n) is 21.2. The van der Waals surface area contributed by atoms with Crippen LogP contribution in [0.4, 0.5) is 21.9 Å². The molecular weight excluding hydrogens is 502 g/mol. The number of urea groups is 1. The maximum absolute atomic E-state index is 13.9. The van der Waals surface area contributed by atoms with Crippen molar-refractivity contribution in [1.29, 1.82) is 0 Å². The summed E-state index contributed by atoms with van der Waals surface area (Å²) in [6.07, 6.45) is 0.933. The number of rotatable bonds is 5. The maximum atomic E-state index is 13.9. The Kier molecular flexibility index (Phi) is 7.24. The lowest BCUT2D eigenvalue weighted by Crippen LogP contribution is -2.58. The van der Waals surface area contributed by atoms with Crippen molar-refractivity contribution in [3.63, 3.8) is 0 Å². The van der Waals surface area contributed by atoms with Gasteiger partial charge in [-0.3, -0.25) is 9.59 Å². The van der Waals surface area contributed by atoms with Gasteiger partial charge in [0, 0.05) is 35.2 Å². The van der Waals surface area contributed by atoms with Gasteiger partial charge in [0.1, 0.15) is 12.1 Å². The summed E-state index contributed by atoms with van der Waals surface area (Å²) < 4.78 is 0. The monoisotopic (exact) mass is 531 g/mol. The molecule has 2 heterocycles. The zero-order valence-corrected chi connectivity index (χ0v) is 21.9. The van der Waals surface area contributed by atoms with Gasteiger partial charge in [0.05, 0.1) is 6.67 Å². The highest BCUT2D eigenvalue weighted by molar-refractivity contribution is 6.30. The number of likely N-dealkylation sites (tertiary alicyclic amines) is 1. The second kappa shape index (κ2) is 10.8. The summed E-state index contributed by atoms with van der Waals surface area (Å²) in [5, 5.41) is 6.31. The molecule has 0 aliphatic carbocycles. The summed E-state index contributed by atoms with van der Waals surface area (Å²) in [7, 11) is 0. The summed E-state index contributed by atoms with van der Waals surface area (Å²) in [5.74, 6) is -0.387. The van der Waals surface area contributed by atoms with Gasteiger partial charge in [-0.15, -0.1) is 0 Å². The second-order valence-corrected chi connectivity index (χ2v) is 10.2. The Morgan fingerprint density at radius 2 is 1.58 bits per heavy atom. The molecule has 2 saturated heterocycles. The number of carbonyl (C=O) groups excluding carboxylic acids is 3. The van der Waals surface area contributed by atoms with Crippen molar-refractivity contribution < 1.29 is 14.4 Å². The summed E-state index contributed by atoms with van der Waals surface area (Å²) in [6, 6.07) is 24.2. The Labute approximate surface area is 227 Å². The minimum atomic E-state index is -0.822. The topological polar surface area (TPSA) is 85.0 Å². The Hall–Kier alpha value is -4.04. The van der Waals surface area contributed by atoms with Crippen LogP contribution in [0.2, 0.25) is 5.02 Å². The SMILES string of the molecule is Cc1cccc(NC(=O)N2CCC3(CC2)C(=O)N(CC(=O)Nc2cccc(Cl)c2)CN3c2ccccc2)c1. The quantitative estimate of drug-likeness (QED) is 0.487. The number of hydrogen-bond acceptors (Lipinski definition) is 4. The number of piperidine rings is 1. The van der Waals surface area contributed by atoms with Crippen LogP contribution in [0.3, 0.4) is 0 Å². The van der Waals surface area contributed by atoms with Gasteiger partial charge in [0.15, 0.2) is 0 Å². The summed E-state index contributed by atoms with van der Waals surface area (Å²) in [6.45, 7) is 3.05. The van der Waals surface area contributed by atoms with Crippen molar-refractivity contribution >= 4 is 46.5 Å². The third-order valence-corrected chi connectivity index (χ3v) is 7.41. The fraction of sp³-hybridized carbons (Fsp3) is 0.276. The number of nitrogens with one attached hydrogen (secondary N) is 2. The number of benzene rings is 3. The van der Waals surface area contributed by atoms with Gasteiger partial charge in [0.2, 0.25) is 5.91 Å². The zero-order chi connectivity index (χ0) is 26.7. The van der Waals surface area contributed by atoms with Crippen LogP contribution in [-0.4, -0.2) is 59.5 Å². The van der Waals surface area contributed by atoms with E-state index in [9.17, 15) is 14.4 Å².